The Balaban J connectivity index is 1.21. The number of carbonyl (C=O) groups excluding carboxylic acids is 1. The van der Waals surface area contributed by atoms with Crippen molar-refractivity contribution in [1.29, 1.82) is 0 Å². The second-order valence-corrected chi connectivity index (χ2v) is 11.7. The highest BCUT2D eigenvalue weighted by atomic mass is 16.5. The van der Waals surface area contributed by atoms with Gasteiger partial charge in [0.25, 0.3) is 0 Å². The number of piperidine rings is 1. The Labute approximate surface area is 210 Å². The van der Waals surface area contributed by atoms with Crippen molar-refractivity contribution in [3.05, 3.63) is 65.2 Å². The topological polar surface area (TPSA) is 32.8 Å². The number of methoxy groups -OCH3 is 1. The van der Waals surface area contributed by atoms with Crippen LogP contribution < -0.4 is 4.74 Å². The number of aryl methyl sites for hydroxylation is 1. The third-order valence-electron chi connectivity index (χ3n) is 9.69. The van der Waals surface area contributed by atoms with Crippen LogP contribution in [0.2, 0.25) is 0 Å². The van der Waals surface area contributed by atoms with E-state index in [9.17, 15) is 4.79 Å². The number of hydrogen-bond acceptors (Lipinski definition) is 3. The molecule has 2 aliphatic carbocycles. The minimum Gasteiger partial charge on any atom is -0.497 e. The van der Waals surface area contributed by atoms with Gasteiger partial charge in [0.2, 0.25) is 5.91 Å². The van der Waals surface area contributed by atoms with Crippen molar-refractivity contribution in [1.82, 2.24) is 9.80 Å². The van der Waals surface area contributed by atoms with Gasteiger partial charge in [-0.1, -0.05) is 36.4 Å². The number of carbonyl (C=O) groups is 1. The number of likely N-dealkylation sites (tertiary alicyclic amines) is 2. The van der Waals surface area contributed by atoms with Crippen LogP contribution in [0, 0.1) is 11.3 Å². The molecule has 4 aliphatic rings. The summed E-state index contributed by atoms with van der Waals surface area (Å²) in [6, 6.07) is 17.4. The largest absolute Gasteiger partial charge is 0.497 e. The second-order valence-electron chi connectivity index (χ2n) is 11.7. The third kappa shape index (κ3) is 4.28. The number of hydrogen-bond donors (Lipinski definition) is 0. The summed E-state index contributed by atoms with van der Waals surface area (Å²) in [7, 11) is 1.78. The van der Waals surface area contributed by atoms with Crippen molar-refractivity contribution in [2.75, 3.05) is 39.8 Å². The van der Waals surface area contributed by atoms with Gasteiger partial charge in [0.15, 0.2) is 0 Å². The predicted octanol–water partition coefficient (Wildman–Crippen LogP) is 5.24. The molecule has 6 rings (SSSR count). The van der Waals surface area contributed by atoms with Crippen LogP contribution in [0.5, 0.6) is 5.75 Å². The third-order valence-corrected chi connectivity index (χ3v) is 9.69. The molecule has 0 N–H and O–H groups in total. The van der Waals surface area contributed by atoms with Gasteiger partial charge in [0.05, 0.1) is 7.11 Å². The molecule has 2 aromatic carbocycles. The van der Waals surface area contributed by atoms with Gasteiger partial charge in [0, 0.05) is 38.0 Å². The van der Waals surface area contributed by atoms with Gasteiger partial charge in [-0.3, -0.25) is 4.79 Å². The highest BCUT2D eigenvalue weighted by Gasteiger charge is 2.60. The molecule has 186 valence electrons. The first-order valence-corrected chi connectivity index (χ1v) is 13.8. The maximum Gasteiger partial charge on any atom is 0.222 e. The fourth-order valence-electron chi connectivity index (χ4n) is 7.60. The SMILES string of the molecule is COc1ccc2c(c1)C13CCN(CC4CC4)CC1(CCN(C(=O)CCCc1ccccc1)CC3)C2. The molecular formula is C31H40N2O2. The summed E-state index contributed by atoms with van der Waals surface area (Å²) in [6.07, 6.45) is 9.99. The van der Waals surface area contributed by atoms with E-state index in [2.05, 4.69) is 58.3 Å². The fraction of sp³-hybridized carbons (Fsp3) is 0.581. The minimum atomic E-state index is 0.177. The van der Waals surface area contributed by atoms with Crippen LogP contribution in [-0.2, 0) is 23.1 Å². The van der Waals surface area contributed by atoms with E-state index in [1.54, 1.807) is 7.11 Å². The maximum atomic E-state index is 13.3. The Hall–Kier alpha value is -2.33. The van der Waals surface area contributed by atoms with Crippen LogP contribution in [0.3, 0.4) is 0 Å². The van der Waals surface area contributed by atoms with Crippen molar-refractivity contribution in [2.45, 2.75) is 63.2 Å². The van der Waals surface area contributed by atoms with Gasteiger partial charge in [-0.15, -0.1) is 0 Å². The van der Waals surface area contributed by atoms with Gasteiger partial charge in [-0.2, -0.15) is 0 Å². The first kappa shape index (κ1) is 23.1. The first-order valence-electron chi connectivity index (χ1n) is 13.8. The second kappa shape index (κ2) is 9.28. The predicted molar refractivity (Wildman–Crippen MR) is 140 cm³/mol. The lowest BCUT2D eigenvalue weighted by Gasteiger charge is -2.53. The summed E-state index contributed by atoms with van der Waals surface area (Å²) < 4.78 is 5.67. The van der Waals surface area contributed by atoms with E-state index < -0.39 is 0 Å². The van der Waals surface area contributed by atoms with E-state index in [1.807, 2.05) is 0 Å². The van der Waals surface area contributed by atoms with Gasteiger partial charge < -0.3 is 14.5 Å². The molecule has 1 amide bonds. The highest BCUT2D eigenvalue weighted by Crippen LogP contribution is 2.61. The maximum absolute atomic E-state index is 13.3. The molecule has 4 nitrogen and oxygen atoms in total. The van der Waals surface area contributed by atoms with Gasteiger partial charge in [0.1, 0.15) is 5.75 Å². The van der Waals surface area contributed by atoms with Crippen molar-refractivity contribution < 1.29 is 9.53 Å². The summed E-state index contributed by atoms with van der Waals surface area (Å²) in [4.78, 5) is 18.3. The van der Waals surface area contributed by atoms with E-state index in [0.717, 1.165) is 56.9 Å². The lowest BCUT2D eigenvalue weighted by atomic mass is 9.57. The molecule has 0 aromatic heterocycles. The molecule has 2 unspecified atom stereocenters. The fourth-order valence-corrected chi connectivity index (χ4v) is 7.60. The number of nitrogens with zero attached hydrogens (tertiary/aromatic N) is 2. The van der Waals surface area contributed by atoms with Gasteiger partial charge >= 0.3 is 0 Å². The molecule has 3 fully saturated rings. The first-order chi connectivity index (χ1) is 17.1. The Kier molecular flexibility index (Phi) is 6.12. The average molecular weight is 473 g/mol. The molecule has 35 heavy (non-hydrogen) atoms. The number of amides is 1. The van der Waals surface area contributed by atoms with Crippen LogP contribution in [0.25, 0.3) is 0 Å². The summed E-state index contributed by atoms with van der Waals surface area (Å²) in [6.45, 7) is 5.47. The average Bonchev–Trinajstić information content (AvgIpc) is 3.67. The highest BCUT2D eigenvalue weighted by molar-refractivity contribution is 5.76. The standard InChI is InChI=1S/C31H40N2O2/c1-35-27-13-12-26-21-30-14-18-33(29(34)9-5-8-24-6-3-2-4-7-24)19-16-31(30,28(26)20-27)15-17-32(23-30)22-25-10-11-25/h2-4,6-7,12-13,20,25H,5,8-11,14-19,21-23H2,1H3. The Morgan fingerprint density at radius 3 is 2.63 bits per heavy atom. The van der Waals surface area contributed by atoms with Gasteiger partial charge in [-0.25, -0.2) is 0 Å². The zero-order valence-electron chi connectivity index (χ0n) is 21.3. The molecule has 2 atom stereocenters. The summed E-state index contributed by atoms with van der Waals surface area (Å²) in [5.41, 5.74) is 4.81. The van der Waals surface area contributed by atoms with Crippen molar-refractivity contribution in [3.63, 3.8) is 0 Å². The van der Waals surface area contributed by atoms with Crippen molar-refractivity contribution in [3.8, 4) is 5.75 Å². The molecular weight excluding hydrogens is 432 g/mol. The zero-order valence-corrected chi connectivity index (χ0v) is 21.3. The normalized spacial score (nSPS) is 28.1. The molecule has 2 heterocycles. The van der Waals surface area contributed by atoms with Crippen molar-refractivity contribution >= 4 is 5.91 Å². The number of benzene rings is 2. The molecule has 2 aromatic rings. The van der Waals surface area contributed by atoms with E-state index in [0.29, 0.717) is 12.3 Å². The summed E-state index contributed by atoms with van der Waals surface area (Å²) in [5.74, 6) is 2.26. The van der Waals surface area contributed by atoms with Gasteiger partial charge in [-0.05, 0) is 98.1 Å². The van der Waals surface area contributed by atoms with Crippen LogP contribution >= 0.6 is 0 Å². The van der Waals surface area contributed by atoms with E-state index in [1.165, 1.54) is 55.6 Å². The smallest absolute Gasteiger partial charge is 0.222 e. The van der Waals surface area contributed by atoms with E-state index >= 15 is 0 Å². The number of ether oxygens (including phenoxy) is 1. The lowest BCUT2D eigenvalue weighted by molar-refractivity contribution is -0.131. The quantitative estimate of drug-likeness (QED) is 0.553. The monoisotopic (exact) mass is 472 g/mol. The number of fused-ring (bicyclic) bond motifs is 1. The molecule has 0 radical (unpaired) electrons. The Morgan fingerprint density at radius 2 is 1.83 bits per heavy atom. The Morgan fingerprint density at radius 1 is 1.03 bits per heavy atom. The lowest BCUT2D eigenvalue weighted by Crippen LogP contribution is -2.56. The summed E-state index contributed by atoms with van der Waals surface area (Å²) in [5, 5.41) is 0. The van der Waals surface area contributed by atoms with Crippen LogP contribution in [0.4, 0.5) is 0 Å². The zero-order chi connectivity index (χ0) is 23.9. The van der Waals surface area contributed by atoms with E-state index in [4.69, 9.17) is 4.74 Å². The molecule has 0 bridgehead atoms. The number of rotatable bonds is 7. The Bertz CT molecular complexity index is 1060. The molecule has 1 saturated carbocycles. The van der Waals surface area contributed by atoms with E-state index in [-0.39, 0.29) is 10.8 Å². The molecule has 2 aliphatic heterocycles. The van der Waals surface area contributed by atoms with Crippen molar-refractivity contribution in [2.24, 2.45) is 11.3 Å². The minimum absolute atomic E-state index is 0.177. The van der Waals surface area contributed by atoms with Crippen LogP contribution in [0.1, 0.15) is 61.6 Å². The summed E-state index contributed by atoms with van der Waals surface area (Å²) >= 11 is 0. The molecule has 2 saturated heterocycles. The van der Waals surface area contributed by atoms with Crippen LogP contribution in [-0.4, -0.2) is 55.5 Å². The molecule has 4 heteroatoms. The molecule has 0 spiro atoms. The van der Waals surface area contributed by atoms with Crippen LogP contribution in [0.15, 0.2) is 48.5 Å².